The monoisotopic (exact) mass is 250 g/mol. The van der Waals surface area contributed by atoms with Gasteiger partial charge in [-0.1, -0.05) is 0 Å². The molecule has 1 unspecified atom stereocenters. The van der Waals surface area contributed by atoms with Gasteiger partial charge < -0.3 is 14.8 Å². The van der Waals surface area contributed by atoms with Crippen LogP contribution in [0.5, 0.6) is 0 Å². The van der Waals surface area contributed by atoms with Crippen molar-refractivity contribution >= 4 is 5.97 Å². The first kappa shape index (κ1) is 14.3. The number of aromatic amines is 1. The minimum atomic E-state index is -0.732. The number of aryl methyl sites for hydroxylation is 1. The summed E-state index contributed by atoms with van der Waals surface area (Å²) < 4.78 is 4.93. The van der Waals surface area contributed by atoms with Crippen LogP contribution in [0.1, 0.15) is 53.2 Å². The van der Waals surface area contributed by atoms with Crippen LogP contribution in [-0.2, 0) is 4.74 Å². The van der Waals surface area contributed by atoms with Gasteiger partial charge in [-0.05, 0) is 32.8 Å². The third kappa shape index (κ3) is 2.90. The molecule has 0 saturated heterocycles. The smallest absolute Gasteiger partial charge is 0.355 e. The first-order valence-electron chi connectivity index (χ1n) is 5.94. The van der Waals surface area contributed by atoms with Crippen LogP contribution in [-0.4, -0.2) is 22.7 Å². The summed E-state index contributed by atoms with van der Waals surface area (Å²) in [6, 6.07) is 2.00. The Kier molecular flexibility index (Phi) is 4.93. The number of nitrogens with one attached hydrogen (secondary N) is 1. The molecule has 0 radical (unpaired) electrons. The van der Waals surface area contributed by atoms with E-state index in [-0.39, 0.29) is 6.42 Å². The highest BCUT2D eigenvalue weighted by Gasteiger charge is 2.22. The van der Waals surface area contributed by atoms with Crippen molar-refractivity contribution in [1.29, 1.82) is 5.26 Å². The fourth-order valence-electron chi connectivity index (χ4n) is 2.02. The summed E-state index contributed by atoms with van der Waals surface area (Å²) in [5.74, 6) is -0.420. The molecule has 1 aromatic heterocycles. The van der Waals surface area contributed by atoms with Gasteiger partial charge in [0.15, 0.2) is 0 Å². The molecular formula is C13H18N2O3. The second-order valence-corrected chi connectivity index (χ2v) is 4.10. The molecule has 0 bridgehead atoms. The van der Waals surface area contributed by atoms with Crippen molar-refractivity contribution in [3.8, 4) is 6.07 Å². The fourth-order valence-corrected chi connectivity index (χ4v) is 2.02. The molecule has 0 fully saturated rings. The lowest BCUT2D eigenvalue weighted by atomic mass is 10.0. The number of esters is 1. The Morgan fingerprint density at radius 3 is 2.78 bits per heavy atom. The summed E-state index contributed by atoms with van der Waals surface area (Å²) in [4.78, 5) is 14.6. The van der Waals surface area contributed by atoms with Crippen molar-refractivity contribution < 1.29 is 14.6 Å². The van der Waals surface area contributed by atoms with Crippen molar-refractivity contribution in [3.05, 3.63) is 22.5 Å². The van der Waals surface area contributed by atoms with E-state index in [2.05, 4.69) is 4.98 Å². The molecule has 1 heterocycles. The zero-order valence-corrected chi connectivity index (χ0v) is 10.9. The molecule has 5 heteroatoms. The molecule has 2 N–H and O–H groups in total. The van der Waals surface area contributed by atoms with Crippen molar-refractivity contribution in [1.82, 2.24) is 4.98 Å². The van der Waals surface area contributed by atoms with Crippen LogP contribution in [0.3, 0.4) is 0 Å². The molecule has 0 aliphatic heterocycles. The minimum Gasteiger partial charge on any atom is -0.461 e. The Labute approximate surface area is 106 Å². The standard InChI is InChI=1S/C13H18N2O3/c1-4-18-13(17)12-8(2)11(9(3)15-12)10(16)6-5-7-14/h10,15-16H,4-6H2,1-3H3. The molecule has 0 spiro atoms. The number of carbonyl (C=O) groups is 1. The van der Waals surface area contributed by atoms with Gasteiger partial charge in [0, 0.05) is 17.7 Å². The van der Waals surface area contributed by atoms with Gasteiger partial charge in [-0.2, -0.15) is 5.26 Å². The predicted octanol–water partition coefficient (Wildman–Crippen LogP) is 2.15. The second-order valence-electron chi connectivity index (χ2n) is 4.10. The fraction of sp³-hybridized carbons (Fsp3) is 0.538. The van der Waals surface area contributed by atoms with E-state index in [1.165, 1.54) is 0 Å². The lowest BCUT2D eigenvalue weighted by Gasteiger charge is -2.10. The van der Waals surface area contributed by atoms with E-state index in [1.807, 2.05) is 6.07 Å². The molecule has 98 valence electrons. The highest BCUT2D eigenvalue weighted by molar-refractivity contribution is 5.89. The number of H-pyrrole nitrogens is 1. The number of hydrogen-bond donors (Lipinski definition) is 2. The van der Waals surface area contributed by atoms with E-state index >= 15 is 0 Å². The van der Waals surface area contributed by atoms with Crippen LogP contribution < -0.4 is 0 Å². The Morgan fingerprint density at radius 2 is 2.22 bits per heavy atom. The van der Waals surface area contributed by atoms with Crippen LogP contribution in [0, 0.1) is 25.2 Å². The Bertz CT molecular complexity index is 471. The number of aliphatic hydroxyl groups is 1. The quantitative estimate of drug-likeness (QED) is 0.784. The second kappa shape index (κ2) is 6.22. The maximum Gasteiger partial charge on any atom is 0.355 e. The van der Waals surface area contributed by atoms with Crippen LogP contribution >= 0.6 is 0 Å². The van der Waals surface area contributed by atoms with Crippen LogP contribution in [0.2, 0.25) is 0 Å². The third-order valence-electron chi connectivity index (χ3n) is 2.84. The van der Waals surface area contributed by atoms with E-state index in [9.17, 15) is 9.90 Å². The van der Waals surface area contributed by atoms with Gasteiger partial charge in [-0.25, -0.2) is 4.79 Å². The normalized spacial score (nSPS) is 11.9. The molecular weight excluding hydrogens is 232 g/mol. The van der Waals surface area contributed by atoms with Gasteiger partial charge >= 0.3 is 5.97 Å². The number of carbonyl (C=O) groups excluding carboxylic acids is 1. The van der Waals surface area contributed by atoms with Gasteiger partial charge in [0.2, 0.25) is 0 Å². The Hall–Kier alpha value is -1.80. The minimum absolute atomic E-state index is 0.278. The van der Waals surface area contributed by atoms with E-state index in [1.54, 1.807) is 20.8 Å². The summed E-state index contributed by atoms with van der Waals surface area (Å²) in [7, 11) is 0. The largest absolute Gasteiger partial charge is 0.461 e. The maximum atomic E-state index is 11.7. The molecule has 0 aliphatic rings. The number of nitrogens with zero attached hydrogens (tertiary/aromatic N) is 1. The summed E-state index contributed by atoms with van der Waals surface area (Å²) in [6.07, 6.45) is -0.0952. The number of aliphatic hydroxyl groups excluding tert-OH is 1. The third-order valence-corrected chi connectivity index (χ3v) is 2.84. The van der Waals surface area contributed by atoms with Crippen molar-refractivity contribution in [3.63, 3.8) is 0 Å². The number of ether oxygens (including phenoxy) is 1. The summed E-state index contributed by atoms with van der Waals surface area (Å²) >= 11 is 0. The molecule has 0 saturated carbocycles. The molecule has 18 heavy (non-hydrogen) atoms. The summed E-state index contributed by atoms with van der Waals surface area (Å²) in [5.41, 5.74) is 2.49. The Morgan fingerprint density at radius 1 is 1.56 bits per heavy atom. The molecule has 1 atom stereocenters. The highest BCUT2D eigenvalue weighted by Crippen LogP contribution is 2.28. The van der Waals surface area contributed by atoms with Crippen LogP contribution in [0.15, 0.2) is 0 Å². The van der Waals surface area contributed by atoms with Crippen molar-refractivity contribution in [2.24, 2.45) is 0 Å². The number of aromatic nitrogens is 1. The van der Waals surface area contributed by atoms with Crippen molar-refractivity contribution in [2.45, 2.75) is 39.7 Å². The lowest BCUT2D eigenvalue weighted by molar-refractivity contribution is 0.0519. The number of rotatable bonds is 5. The molecule has 0 amide bonds. The molecule has 5 nitrogen and oxygen atoms in total. The van der Waals surface area contributed by atoms with E-state index < -0.39 is 12.1 Å². The van der Waals surface area contributed by atoms with Gasteiger partial charge in [-0.15, -0.1) is 0 Å². The van der Waals surface area contributed by atoms with Gasteiger partial charge in [-0.3, -0.25) is 0 Å². The van der Waals surface area contributed by atoms with Gasteiger partial charge in [0.1, 0.15) is 5.69 Å². The topological polar surface area (TPSA) is 86.1 Å². The molecule has 0 aliphatic carbocycles. The first-order valence-corrected chi connectivity index (χ1v) is 5.94. The maximum absolute atomic E-state index is 11.7. The zero-order valence-electron chi connectivity index (χ0n) is 10.9. The SMILES string of the molecule is CCOC(=O)c1[nH]c(C)c(C(O)CCC#N)c1C. The van der Waals surface area contributed by atoms with Crippen LogP contribution in [0.25, 0.3) is 0 Å². The first-order chi connectivity index (χ1) is 8.52. The average molecular weight is 250 g/mol. The van der Waals surface area contributed by atoms with E-state index in [0.29, 0.717) is 29.8 Å². The van der Waals surface area contributed by atoms with Crippen LogP contribution in [0.4, 0.5) is 0 Å². The lowest BCUT2D eigenvalue weighted by Crippen LogP contribution is -2.07. The van der Waals surface area contributed by atoms with Gasteiger partial charge in [0.05, 0.1) is 18.8 Å². The summed E-state index contributed by atoms with van der Waals surface area (Å²) in [6.45, 7) is 5.61. The number of hydrogen-bond acceptors (Lipinski definition) is 4. The highest BCUT2D eigenvalue weighted by atomic mass is 16.5. The summed E-state index contributed by atoms with van der Waals surface area (Å²) in [5, 5.41) is 18.5. The molecule has 1 aromatic rings. The molecule has 1 rings (SSSR count). The Balaban J connectivity index is 3.01. The number of nitriles is 1. The molecule has 0 aromatic carbocycles. The predicted molar refractivity (Wildman–Crippen MR) is 66.0 cm³/mol. The average Bonchev–Trinajstić information content (AvgIpc) is 2.62. The van der Waals surface area contributed by atoms with E-state index in [4.69, 9.17) is 10.00 Å². The van der Waals surface area contributed by atoms with Gasteiger partial charge in [0.25, 0.3) is 0 Å². The zero-order chi connectivity index (χ0) is 13.7. The van der Waals surface area contributed by atoms with E-state index in [0.717, 1.165) is 5.69 Å². The van der Waals surface area contributed by atoms with Crippen molar-refractivity contribution in [2.75, 3.05) is 6.61 Å².